The second-order valence-electron chi connectivity index (χ2n) is 2.42. The van der Waals surface area contributed by atoms with E-state index in [2.05, 4.69) is 4.98 Å². The number of hydrogen-bond donors (Lipinski definition) is 1. The summed E-state index contributed by atoms with van der Waals surface area (Å²) in [5.41, 5.74) is 4.62. The summed E-state index contributed by atoms with van der Waals surface area (Å²) in [7, 11) is 0. The van der Waals surface area contributed by atoms with Gasteiger partial charge in [0.05, 0.1) is 0 Å². The van der Waals surface area contributed by atoms with Gasteiger partial charge < -0.3 is 5.73 Å². The molecule has 0 aliphatic heterocycles. The molecule has 0 fully saturated rings. The monoisotopic (exact) mass is 176 g/mol. The molecule has 0 saturated heterocycles. The van der Waals surface area contributed by atoms with Gasteiger partial charge in [0.15, 0.2) is 0 Å². The van der Waals surface area contributed by atoms with Crippen LogP contribution in [0.5, 0.6) is 0 Å². The zero-order chi connectivity index (χ0) is 9.35. The molecular weight excluding hydrogens is 169 g/mol. The Morgan fingerprint density at radius 2 is 1.92 bits per heavy atom. The number of nitrogens with two attached hydrogens (primary N) is 1. The molecule has 0 amide bonds. The molecule has 1 aromatic heterocycles. The van der Waals surface area contributed by atoms with Crippen LogP contribution in [-0.4, -0.2) is 4.98 Å². The van der Waals surface area contributed by atoms with Gasteiger partial charge in [0, 0.05) is 11.4 Å². The first-order valence-electron chi connectivity index (χ1n) is 3.21. The van der Waals surface area contributed by atoms with E-state index < -0.39 is 11.9 Å². The van der Waals surface area contributed by atoms with Gasteiger partial charge in [0.2, 0.25) is 0 Å². The SMILES string of the molecule is Cc1cc(N)cc(C(F)(F)F)n1. The van der Waals surface area contributed by atoms with E-state index >= 15 is 0 Å². The molecule has 0 aliphatic rings. The highest BCUT2D eigenvalue weighted by Crippen LogP contribution is 2.28. The third-order valence-corrected chi connectivity index (χ3v) is 1.27. The van der Waals surface area contributed by atoms with E-state index in [1.54, 1.807) is 0 Å². The number of rotatable bonds is 0. The minimum atomic E-state index is -4.42. The molecule has 1 aromatic rings. The van der Waals surface area contributed by atoms with Crippen LogP contribution >= 0.6 is 0 Å². The molecule has 2 N–H and O–H groups in total. The average molecular weight is 176 g/mol. The number of alkyl halides is 3. The van der Waals surface area contributed by atoms with E-state index in [1.165, 1.54) is 13.0 Å². The van der Waals surface area contributed by atoms with E-state index in [1.807, 2.05) is 0 Å². The van der Waals surface area contributed by atoms with Crippen molar-refractivity contribution < 1.29 is 13.2 Å². The Balaban J connectivity index is 3.18. The van der Waals surface area contributed by atoms with Crippen LogP contribution in [0.3, 0.4) is 0 Å². The second-order valence-corrected chi connectivity index (χ2v) is 2.42. The normalized spacial score (nSPS) is 11.7. The summed E-state index contributed by atoms with van der Waals surface area (Å²) in [4.78, 5) is 3.30. The molecule has 5 heteroatoms. The Hall–Kier alpha value is -1.26. The van der Waals surface area contributed by atoms with Gasteiger partial charge in [0.1, 0.15) is 5.69 Å². The largest absolute Gasteiger partial charge is 0.433 e. The predicted molar refractivity (Wildman–Crippen MR) is 38.4 cm³/mol. The molecule has 0 aliphatic carbocycles. The minimum absolute atomic E-state index is 0.0785. The summed E-state index contributed by atoms with van der Waals surface area (Å²) in [6.07, 6.45) is -4.42. The maximum absolute atomic E-state index is 12.0. The Morgan fingerprint density at radius 1 is 1.33 bits per heavy atom. The Morgan fingerprint density at radius 3 is 2.33 bits per heavy atom. The van der Waals surface area contributed by atoms with E-state index in [0.717, 1.165) is 6.07 Å². The van der Waals surface area contributed by atoms with Crippen molar-refractivity contribution in [3.05, 3.63) is 23.5 Å². The number of hydrogen-bond acceptors (Lipinski definition) is 2. The number of halogens is 3. The standard InChI is InChI=1S/C7H7F3N2/c1-4-2-5(11)3-6(12-4)7(8,9)10/h2-3H,1H3,(H2,11,12). The number of nitrogen functional groups attached to an aromatic ring is 1. The lowest BCUT2D eigenvalue weighted by atomic mass is 10.2. The van der Waals surface area contributed by atoms with E-state index in [4.69, 9.17) is 5.73 Å². The number of anilines is 1. The molecule has 0 bridgehead atoms. The molecule has 0 unspecified atom stereocenters. The van der Waals surface area contributed by atoms with Crippen molar-refractivity contribution in [2.75, 3.05) is 5.73 Å². The number of pyridine rings is 1. The van der Waals surface area contributed by atoms with Crippen molar-refractivity contribution in [3.63, 3.8) is 0 Å². The highest BCUT2D eigenvalue weighted by Gasteiger charge is 2.32. The van der Waals surface area contributed by atoms with E-state index in [-0.39, 0.29) is 11.4 Å². The van der Waals surface area contributed by atoms with Crippen molar-refractivity contribution in [2.45, 2.75) is 13.1 Å². The zero-order valence-electron chi connectivity index (χ0n) is 6.31. The van der Waals surface area contributed by atoms with Crippen LogP contribution in [-0.2, 0) is 6.18 Å². The fourth-order valence-electron chi connectivity index (χ4n) is 0.840. The quantitative estimate of drug-likeness (QED) is 0.656. The van der Waals surface area contributed by atoms with Crippen molar-refractivity contribution in [2.24, 2.45) is 0 Å². The summed E-state index contributed by atoms with van der Waals surface area (Å²) in [5, 5.41) is 0. The second kappa shape index (κ2) is 2.66. The van der Waals surface area contributed by atoms with Gasteiger partial charge in [-0.1, -0.05) is 0 Å². The summed E-state index contributed by atoms with van der Waals surface area (Å²) in [5.74, 6) is 0. The number of aryl methyl sites for hydroxylation is 1. The van der Waals surface area contributed by atoms with Crippen LogP contribution < -0.4 is 5.73 Å². The van der Waals surface area contributed by atoms with Crippen LogP contribution in [0, 0.1) is 6.92 Å². The van der Waals surface area contributed by atoms with Crippen LogP contribution in [0.25, 0.3) is 0 Å². The van der Waals surface area contributed by atoms with Crippen molar-refractivity contribution in [1.29, 1.82) is 0 Å². The topological polar surface area (TPSA) is 38.9 Å². The van der Waals surface area contributed by atoms with Crippen molar-refractivity contribution in [1.82, 2.24) is 4.98 Å². The summed E-state index contributed by atoms with van der Waals surface area (Å²) < 4.78 is 36.1. The molecular formula is C7H7F3N2. The molecule has 0 spiro atoms. The van der Waals surface area contributed by atoms with Gasteiger partial charge in [0.25, 0.3) is 0 Å². The van der Waals surface area contributed by atoms with Crippen molar-refractivity contribution >= 4 is 5.69 Å². The molecule has 0 saturated carbocycles. The predicted octanol–water partition coefficient (Wildman–Crippen LogP) is 1.99. The van der Waals surface area contributed by atoms with Gasteiger partial charge >= 0.3 is 6.18 Å². The smallest absolute Gasteiger partial charge is 0.399 e. The van der Waals surface area contributed by atoms with Gasteiger partial charge in [-0.05, 0) is 19.1 Å². The first kappa shape index (κ1) is 8.83. The Bertz CT molecular complexity index is 273. The summed E-state index contributed by atoms with van der Waals surface area (Å²) >= 11 is 0. The minimum Gasteiger partial charge on any atom is -0.399 e. The highest BCUT2D eigenvalue weighted by molar-refractivity contribution is 5.40. The van der Waals surface area contributed by atoms with E-state index in [0.29, 0.717) is 0 Å². The molecule has 1 rings (SSSR count). The Kier molecular flexibility index (Phi) is 1.95. The molecule has 1 heterocycles. The maximum atomic E-state index is 12.0. The van der Waals surface area contributed by atoms with Crippen LogP contribution in [0.15, 0.2) is 12.1 Å². The lowest BCUT2D eigenvalue weighted by Crippen LogP contribution is -2.09. The maximum Gasteiger partial charge on any atom is 0.433 e. The molecule has 0 aromatic carbocycles. The molecule has 0 atom stereocenters. The number of nitrogens with zero attached hydrogens (tertiary/aromatic N) is 1. The Labute approximate surface area is 67.2 Å². The first-order valence-corrected chi connectivity index (χ1v) is 3.21. The van der Waals surface area contributed by atoms with Crippen molar-refractivity contribution in [3.8, 4) is 0 Å². The first-order chi connectivity index (χ1) is 5.39. The summed E-state index contributed by atoms with van der Waals surface area (Å²) in [6, 6.07) is 2.20. The van der Waals surface area contributed by atoms with Gasteiger partial charge in [-0.15, -0.1) is 0 Å². The third kappa shape index (κ3) is 1.87. The van der Waals surface area contributed by atoms with Gasteiger partial charge in [-0.3, -0.25) is 0 Å². The number of aromatic nitrogens is 1. The lowest BCUT2D eigenvalue weighted by Gasteiger charge is -2.06. The molecule has 66 valence electrons. The van der Waals surface area contributed by atoms with Gasteiger partial charge in [-0.25, -0.2) is 4.98 Å². The third-order valence-electron chi connectivity index (χ3n) is 1.27. The molecule has 0 radical (unpaired) electrons. The van der Waals surface area contributed by atoms with Crippen LogP contribution in [0.4, 0.5) is 18.9 Å². The molecule has 12 heavy (non-hydrogen) atoms. The lowest BCUT2D eigenvalue weighted by molar-refractivity contribution is -0.141. The fourth-order valence-corrected chi connectivity index (χ4v) is 0.840. The fraction of sp³-hybridized carbons (Fsp3) is 0.286. The molecule has 2 nitrogen and oxygen atoms in total. The average Bonchev–Trinajstić information content (AvgIpc) is 1.82. The summed E-state index contributed by atoms with van der Waals surface area (Å²) in [6.45, 7) is 1.46. The van der Waals surface area contributed by atoms with Crippen LogP contribution in [0.2, 0.25) is 0 Å². The zero-order valence-corrected chi connectivity index (χ0v) is 6.31. The van der Waals surface area contributed by atoms with Gasteiger partial charge in [-0.2, -0.15) is 13.2 Å². The van der Waals surface area contributed by atoms with Crippen LogP contribution in [0.1, 0.15) is 11.4 Å². The highest BCUT2D eigenvalue weighted by atomic mass is 19.4. The van der Waals surface area contributed by atoms with E-state index in [9.17, 15) is 13.2 Å².